The van der Waals surface area contributed by atoms with Gasteiger partial charge in [0.15, 0.2) is 0 Å². The zero-order chi connectivity index (χ0) is 18.7. The maximum Gasteiger partial charge on any atom is 0.223 e. The van der Waals surface area contributed by atoms with Crippen LogP contribution in [0.25, 0.3) is 0 Å². The molecule has 25 heavy (non-hydrogen) atoms. The number of allylic oxidation sites excluding steroid dienone is 1. The number of ketones is 1. The summed E-state index contributed by atoms with van der Waals surface area (Å²) in [5.41, 5.74) is 0. The van der Waals surface area contributed by atoms with Crippen LogP contribution in [0.1, 0.15) is 65.2 Å². The fourth-order valence-corrected chi connectivity index (χ4v) is 2.97. The molecule has 0 spiro atoms. The molecule has 0 aromatic carbocycles. The zero-order valence-corrected chi connectivity index (χ0v) is 15.6. The smallest absolute Gasteiger partial charge is 0.223 e. The normalized spacial score (nSPS) is 19.8. The van der Waals surface area contributed by atoms with E-state index in [2.05, 4.69) is 17.2 Å². The molecule has 0 bridgehead atoms. The van der Waals surface area contributed by atoms with Crippen molar-refractivity contribution in [2.75, 3.05) is 13.2 Å². The summed E-state index contributed by atoms with van der Waals surface area (Å²) in [6, 6.07) is 0.223. The Bertz CT molecular complexity index is 468. The van der Waals surface area contributed by atoms with Crippen LogP contribution in [0.3, 0.4) is 0 Å². The van der Waals surface area contributed by atoms with Crippen molar-refractivity contribution in [2.24, 2.45) is 5.92 Å². The van der Waals surface area contributed by atoms with Crippen molar-refractivity contribution in [2.45, 2.75) is 71.3 Å². The van der Waals surface area contributed by atoms with Crippen LogP contribution in [0, 0.1) is 5.92 Å². The number of carbonyl (C=O) groups is 3. The molecule has 0 aliphatic heterocycles. The molecule has 2 N–H and O–H groups in total. The van der Waals surface area contributed by atoms with Gasteiger partial charge in [-0.25, -0.2) is 0 Å². The van der Waals surface area contributed by atoms with Gasteiger partial charge in [0.25, 0.3) is 0 Å². The van der Waals surface area contributed by atoms with Crippen LogP contribution in [-0.4, -0.2) is 36.8 Å². The molecule has 1 saturated carbocycles. The number of Topliss-reactive ketones (excluding diaryl/α,β-unsaturated/α-hetero) is 1. The Hall–Kier alpha value is -1.85. The van der Waals surface area contributed by atoms with Crippen molar-refractivity contribution in [3.05, 3.63) is 12.3 Å². The van der Waals surface area contributed by atoms with E-state index in [9.17, 15) is 14.4 Å². The lowest BCUT2D eigenvalue weighted by Gasteiger charge is -2.29. The van der Waals surface area contributed by atoms with Gasteiger partial charge in [-0.15, -0.1) is 0 Å². The third-order valence-electron chi connectivity index (χ3n) is 4.41. The average Bonchev–Trinajstić information content (AvgIpc) is 2.53. The Balaban J connectivity index is 2.10. The number of carbonyl (C=O) groups excluding carboxylic acids is 3. The highest BCUT2D eigenvalue weighted by atomic mass is 16.5. The lowest BCUT2D eigenvalue weighted by molar-refractivity contribution is -0.122. The van der Waals surface area contributed by atoms with E-state index in [1.54, 1.807) is 13.8 Å². The molecule has 1 aliphatic carbocycles. The van der Waals surface area contributed by atoms with Crippen LogP contribution in [0.5, 0.6) is 0 Å². The molecule has 6 heteroatoms. The molecule has 6 nitrogen and oxygen atoms in total. The molecule has 0 radical (unpaired) electrons. The highest BCUT2D eigenvalue weighted by Gasteiger charge is 2.22. The van der Waals surface area contributed by atoms with Crippen molar-refractivity contribution in [3.8, 4) is 0 Å². The Morgan fingerprint density at radius 1 is 1.00 bits per heavy atom. The summed E-state index contributed by atoms with van der Waals surface area (Å²) in [5.74, 6) is 1.26. The van der Waals surface area contributed by atoms with Gasteiger partial charge < -0.3 is 20.2 Å². The maximum atomic E-state index is 11.8. The third kappa shape index (κ3) is 10.6. The molecule has 1 rings (SSSR count). The first-order valence-electron chi connectivity index (χ1n) is 9.20. The second-order valence-electron chi connectivity index (χ2n) is 6.95. The minimum Gasteiger partial charge on any atom is -0.498 e. The highest BCUT2D eigenvalue weighted by molar-refractivity contribution is 5.78. The number of ether oxygens (including phenoxy) is 1. The number of nitrogens with one attached hydrogen (secondary N) is 2. The Kier molecular flexibility index (Phi) is 9.88. The third-order valence-corrected chi connectivity index (χ3v) is 4.41. The summed E-state index contributed by atoms with van der Waals surface area (Å²) >= 11 is 0. The molecule has 0 aromatic rings. The molecular formula is C19H32N2O4. The molecule has 0 aromatic heterocycles. The molecule has 0 heterocycles. The minimum absolute atomic E-state index is 0.00199. The van der Waals surface area contributed by atoms with E-state index in [1.165, 1.54) is 0 Å². The van der Waals surface area contributed by atoms with E-state index in [-0.39, 0.29) is 23.6 Å². The van der Waals surface area contributed by atoms with Crippen molar-refractivity contribution in [1.82, 2.24) is 10.6 Å². The van der Waals surface area contributed by atoms with Gasteiger partial charge in [-0.05, 0) is 51.9 Å². The Morgan fingerprint density at radius 3 is 2.28 bits per heavy atom. The fourth-order valence-electron chi connectivity index (χ4n) is 2.97. The SMILES string of the molecule is C=C(C)OCCC(=O)NCC1CCC(NC(=O)CCCC(C)=O)CC1. The van der Waals surface area contributed by atoms with Crippen LogP contribution in [-0.2, 0) is 19.1 Å². The van der Waals surface area contributed by atoms with E-state index in [1.807, 2.05) is 0 Å². The zero-order valence-electron chi connectivity index (χ0n) is 15.6. The topological polar surface area (TPSA) is 84.5 Å². The van der Waals surface area contributed by atoms with Gasteiger partial charge in [-0.3, -0.25) is 9.59 Å². The van der Waals surface area contributed by atoms with E-state index in [0.717, 1.165) is 25.7 Å². The van der Waals surface area contributed by atoms with Crippen LogP contribution in [0.4, 0.5) is 0 Å². The van der Waals surface area contributed by atoms with E-state index >= 15 is 0 Å². The van der Waals surface area contributed by atoms with Crippen LogP contribution in [0.15, 0.2) is 12.3 Å². The summed E-state index contributed by atoms with van der Waals surface area (Å²) in [4.78, 5) is 34.4. The van der Waals surface area contributed by atoms with Gasteiger partial charge in [0.05, 0.1) is 18.8 Å². The quantitative estimate of drug-likeness (QED) is 0.560. The summed E-state index contributed by atoms with van der Waals surface area (Å²) in [7, 11) is 0. The van der Waals surface area contributed by atoms with Crippen molar-refractivity contribution < 1.29 is 19.1 Å². The number of hydrogen-bond donors (Lipinski definition) is 2. The molecule has 0 unspecified atom stereocenters. The standard InChI is InChI=1S/C19H32N2O4/c1-14(2)25-12-11-18(23)20-13-16-7-9-17(10-8-16)21-19(24)6-4-5-15(3)22/h16-17H,1,4-13H2,2-3H3,(H,20,23)(H,21,24). The van der Waals surface area contributed by atoms with Crippen LogP contribution >= 0.6 is 0 Å². The van der Waals surface area contributed by atoms with Crippen molar-refractivity contribution in [3.63, 3.8) is 0 Å². The predicted molar refractivity (Wildman–Crippen MR) is 96.8 cm³/mol. The first kappa shape index (κ1) is 21.2. The van der Waals surface area contributed by atoms with Gasteiger partial charge in [0.2, 0.25) is 11.8 Å². The van der Waals surface area contributed by atoms with Gasteiger partial charge in [-0.2, -0.15) is 0 Å². The van der Waals surface area contributed by atoms with Gasteiger partial charge in [0, 0.05) is 25.4 Å². The average molecular weight is 352 g/mol. The highest BCUT2D eigenvalue weighted by Crippen LogP contribution is 2.23. The summed E-state index contributed by atoms with van der Waals surface area (Å²) < 4.78 is 5.18. The van der Waals surface area contributed by atoms with E-state index < -0.39 is 0 Å². The van der Waals surface area contributed by atoms with Crippen molar-refractivity contribution in [1.29, 1.82) is 0 Å². The lowest BCUT2D eigenvalue weighted by atomic mass is 9.86. The Morgan fingerprint density at radius 2 is 1.68 bits per heavy atom. The minimum atomic E-state index is 0.00199. The maximum absolute atomic E-state index is 11.8. The molecule has 2 amide bonds. The number of rotatable bonds is 11. The first-order valence-corrected chi connectivity index (χ1v) is 9.20. The van der Waals surface area contributed by atoms with Gasteiger partial charge >= 0.3 is 0 Å². The second kappa shape index (κ2) is 11.7. The van der Waals surface area contributed by atoms with Crippen molar-refractivity contribution >= 4 is 17.6 Å². The molecule has 1 aliphatic rings. The summed E-state index contributed by atoms with van der Waals surface area (Å²) in [6.45, 7) is 7.98. The summed E-state index contributed by atoms with van der Waals surface area (Å²) in [5, 5.41) is 6.01. The largest absolute Gasteiger partial charge is 0.498 e. The first-order chi connectivity index (χ1) is 11.9. The van der Waals surface area contributed by atoms with E-state index in [4.69, 9.17) is 4.74 Å². The predicted octanol–water partition coefficient (Wildman–Crippen LogP) is 2.48. The monoisotopic (exact) mass is 352 g/mol. The van der Waals surface area contributed by atoms with E-state index in [0.29, 0.717) is 50.5 Å². The fraction of sp³-hybridized carbons (Fsp3) is 0.737. The molecule has 0 saturated heterocycles. The molecule has 142 valence electrons. The van der Waals surface area contributed by atoms with Crippen LogP contribution in [0.2, 0.25) is 0 Å². The number of amides is 2. The summed E-state index contributed by atoms with van der Waals surface area (Å²) in [6.07, 6.45) is 5.74. The Labute approximate surface area is 150 Å². The van der Waals surface area contributed by atoms with Gasteiger partial charge in [0.1, 0.15) is 5.78 Å². The molecule has 1 fully saturated rings. The van der Waals surface area contributed by atoms with Crippen LogP contribution < -0.4 is 10.6 Å². The second-order valence-corrected chi connectivity index (χ2v) is 6.95. The van der Waals surface area contributed by atoms with Gasteiger partial charge in [-0.1, -0.05) is 6.58 Å². The molecular weight excluding hydrogens is 320 g/mol. The number of hydrogen-bond acceptors (Lipinski definition) is 4. The molecule has 0 atom stereocenters. The lowest BCUT2D eigenvalue weighted by Crippen LogP contribution is -2.39.